The molecule has 0 bridgehead atoms. The molecule has 2 heterocycles. The van der Waals surface area contributed by atoms with Gasteiger partial charge in [0, 0.05) is 7.05 Å². The molecule has 8 heteroatoms. The first-order valence-corrected chi connectivity index (χ1v) is 8.98. The average Bonchev–Trinajstić information content (AvgIpc) is 3.12. The highest BCUT2D eigenvalue weighted by atomic mass is 32.2. The van der Waals surface area contributed by atoms with Gasteiger partial charge in [0.2, 0.25) is 0 Å². The lowest BCUT2D eigenvalue weighted by molar-refractivity contribution is -0.119. The monoisotopic (exact) mass is 359 g/mol. The number of nitrogens with one attached hydrogen (secondary N) is 1. The highest BCUT2D eigenvalue weighted by Gasteiger charge is 2.31. The molecule has 1 atom stereocenters. The van der Waals surface area contributed by atoms with Crippen molar-refractivity contribution in [3.05, 3.63) is 71.8 Å². The second-order valence-electron chi connectivity index (χ2n) is 5.53. The molecule has 130 valence electrons. The number of amides is 1. The molecule has 1 aliphatic heterocycles. The van der Waals surface area contributed by atoms with Crippen LogP contribution in [0.1, 0.15) is 24.3 Å². The predicted octanol–water partition coefficient (Wildman–Crippen LogP) is 2.02. The number of nitrogens with zero attached hydrogens (tertiary/aromatic N) is 2. The van der Waals surface area contributed by atoms with Crippen molar-refractivity contribution in [3.8, 4) is 0 Å². The molecular weight excluding hydrogens is 342 g/mol. The standard InChI is InChI=1S/C17H17N3O4S/c1-12(13-7-4-3-5-8-13)18-17(21)15-11-14(16-9-6-10-24-16)19-25(22,23)20(15)2/h3-12H,1-2H3,(H,18,21)/t12-/m1/s1. The number of rotatable bonds is 4. The Bertz CT molecular complexity index is 932. The summed E-state index contributed by atoms with van der Waals surface area (Å²) < 4.78 is 34.2. The highest BCUT2D eigenvalue weighted by Crippen LogP contribution is 2.21. The van der Waals surface area contributed by atoms with Crippen molar-refractivity contribution < 1.29 is 17.6 Å². The van der Waals surface area contributed by atoms with Gasteiger partial charge in [-0.05, 0) is 30.7 Å². The molecule has 0 spiro atoms. The molecule has 0 unspecified atom stereocenters. The van der Waals surface area contributed by atoms with Crippen LogP contribution in [0.3, 0.4) is 0 Å². The van der Waals surface area contributed by atoms with Gasteiger partial charge in [0.25, 0.3) is 5.91 Å². The number of carbonyl (C=O) groups excluding carboxylic acids is 1. The van der Waals surface area contributed by atoms with Crippen LogP contribution in [0.15, 0.2) is 69.3 Å². The van der Waals surface area contributed by atoms with E-state index in [1.165, 1.54) is 19.4 Å². The lowest BCUT2D eigenvalue weighted by atomic mass is 10.1. The molecule has 25 heavy (non-hydrogen) atoms. The third-order valence-electron chi connectivity index (χ3n) is 3.83. The maximum atomic E-state index is 12.6. The van der Waals surface area contributed by atoms with Crippen LogP contribution < -0.4 is 5.32 Å². The van der Waals surface area contributed by atoms with Crippen LogP contribution in [-0.2, 0) is 15.0 Å². The van der Waals surface area contributed by atoms with Crippen LogP contribution in [0, 0.1) is 0 Å². The quantitative estimate of drug-likeness (QED) is 0.904. The van der Waals surface area contributed by atoms with Gasteiger partial charge in [-0.15, -0.1) is 4.40 Å². The number of likely N-dealkylation sites (N-methyl/N-ethyl adjacent to an activating group) is 1. The predicted molar refractivity (Wildman–Crippen MR) is 93.0 cm³/mol. The van der Waals surface area contributed by atoms with Crippen molar-refractivity contribution in [2.24, 2.45) is 4.40 Å². The fraction of sp³-hybridized carbons (Fsp3) is 0.176. The second-order valence-corrected chi connectivity index (χ2v) is 7.16. The molecular formula is C17H17N3O4S. The molecule has 0 saturated carbocycles. The van der Waals surface area contributed by atoms with E-state index in [0.29, 0.717) is 0 Å². The van der Waals surface area contributed by atoms with Crippen molar-refractivity contribution in [3.63, 3.8) is 0 Å². The van der Waals surface area contributed by atoms with E-state index < -0.39 is 16.1 Å². The largest absolute Gasteiger partial charge is 0.463 e. The summed E-state index contributed by atoms with van der Waals surface area (Å²) in [5, 5.41) is 2.80. The molecule has 0 radical (unpaired) electrons. The molecule has 0 saturated heterocycles. The molecule has 1 amide bonds. The van der Waals surface area contributed by atoms with Crippen LogP contribution in [0.2, 0.25) is 0 Å². The first-order chi connectivity index (χ1) is 11.9. The van der Waals surface area contributed by atoms with Gasteiger partial charge in [0.05, 0.1) is 12.3 Å². The zero-order chi connectivity index (χ0) is 18.0. The molecule has 1 aromatic heterocycles. The fourth-order valence-corrected chi connectivity index (χ4v) is 3.30. The Morgan fingerprint density at radius 3 is 2.56 bits per heavy atom. The maximum absolute atomic E-state index is 12.6. The van der Waals surface area contributed by atoms with Gasteiger partial charge < -0.3 is 9.73 Å². The summed E-state index contributed by atoms with van der Waals surface area (Å²) >= 11 is 0. The minimum absolute atomic E-state index is 0.0239. The van der Waals surface area contributed by atoms with E-state index in [2.05, 4.69) is 9.71 Å². The Balaban J connectivity index is 1.89. The summed E-state index contributed by atoms with van der Waals surface area (Å²) in [6, 6.07) is 12.3. The van der Waals surface area contributed by atoms with E-state index in [9.17, 15) is 13.2 Å². The first-order valence-electron chi connectivity index (χ1n) is 7.58. The minimum Gasteiger partial charge on any atom is -0.463 e. The van der Waals surface area contributed by atoms with E-state index in [0.717, 1.165) is 9.87 Å². The maximum Gasteiger partial charge on any atom is 0.345 e. The zero-order valence-electron chi connectivity index (χ0n) is 13.7. The third kappa shape index (κ3) is 3.48. The summed E-state index contributed by atoms with van der Waals surface area (Å²) in [6.45, 7) is 1.83. The second kappa shape index (κ2) is 6.56. The van der Waals surface area contributed by atoms with Crippen LogP contribution >= 0.6 is 0 Å². The molecule has 1 aromatic carbocycles. The third-order valence-corrected chi connectivity index (χ3v) is 5.14. The van der Waals surface area contributed by atoms with E-state index >= 15 is 0 Å². The van der Waals surface area contributed by atoms with Crippen LogP contribution in [0.25, 0.3) is 0 Å². The number of carbonyl (C=O) groups is 1. The molecule has 0 fully saturated rings. The van der Waals surface area contributed by atoms with Gasteiger partial charge in [-0.25, -0.2) is 4.31 Å². The Kier molecular flexibility index (Phi) is 4.45. The summed E-state index contributed by atoms with van der Waals surface area (Å²) in [5.41, 5.74) is 0.975. The van der Waals surface area contributed by atoms with Crippen molar-refractivity contribution >= 4 is 21.8 Å². The summed E-state index contributed by atoms with van der Waals surface area (Å²) in [6.07, 6.45) is 2.81. The topological polar surface area (TPSA) is 92.0 Å². The SMILES string of the molecule is C[C@@H](NC(=O)C1=CC(c2ccco2)=NS(=O)(=O)N1C)c1ccccc1. The van der Waals surface area contributed by atoms with Gasteiger partial charge in [-0.1, -0.05) is 30.3 Å². The number of allylic oxidation sites excluding steroid dienone is 1. The number of furan rings is 1. The molecule has 1 N–H and O–H groups in total. The Hall–Kier alpha value is -2.87. The molecule has 3 rings (SSSR count). The molecule has 0 aliphatic carbocycles. The van der Waals surface area contributed by atoms with Crippen LogP contribution in [-0.4, -0.2) is 31.4 Å². The number of hydrogen-bond donors (Lipinski definition) is 1. The van der Waals surface area contributed by atoms with E-state index in [1.54, 1.807) is 12.1 Å². The van der Waals surface area contributed by atoms with E-state index in [1.807, 2.05) is 37.3 Å². The lowest BCUT2D eigenvalue weighted by Crippen LogP contribution is -2.39. The van der Waals surface area contributed by atoms with Gasteiger partial charge in [0.15, 0.2) is 5.76 Å². The van der Waals surface area contributed by atoms with Crippen LogP contribution in [0.4, 0.5) is 0 Å². The van der Waals surface area contributed by atoms with Gasteiger partial charge in [0.1, 0.15) is 11.4 Å². The molecule has 1 aliphatic rings. The minimum atomic E-state index is -4.00. The van der Waals surface area contributed by atoms with Gasteiger partial charge in [-0.3, -0.25) is 4.79 Å². The number of hydrogen-bond acceptors (Lipinski definition) is 4. The van der Waals surface area contributed by atoms with Gasteiger partial charge >= 0.3 is 10.2 Å². The van der Waals surface area contributed by atoms with E-state index in [4.69, 9.17) is 4.42 Å². The van der Waals surface area contributed by atoms with Crippen molar-refractivity contribution in [2.75, 3.05) is 7.05 Å². The Morgan fingerprint density at radius 1 is 1.20 bits per heavy atom. The van der Waals surface area contributed by atoms with Crippen molar-refractivity contribution in [1.29, 1.82) is 0 Å². The van der Waals surface area contributed by atoms with Crippen LogP contribution in [0.5, 0.6) is 0 Å². The fourth-order valence-electron chi connectivity index (χ4n) is 2.40. The summed E-state index contributed by atoms with van der Waals surface area (Å²) in [5.74, 6) is -0.237. The van der Waals surface area contributed by atoms with Gasteiger partial charge in [-0.2, -0.15) is 8.42 Å². The average molecular weight is 359 g/mol. The first kappa shape index (κ1) is 17.0. The lowest BCUT2D eigenvalue weighted by Gasteiger charge is -2.24. The normalized spacial score (nSPS) is 17.4. The Labute approximate surface area is 145 Å². The summed E-state index contributed by atoms with van der Waals surface area (Å²) in [4.78, 5) is 12.6. The molecule has 7 nitrogen and oxygen atoms in total. The molecule has 2 aromatic rings. The van der Waals surface area contributed by atoms with E-state index in [-0.39, 0.29) is 23.2 Å². The Morgan fingerprint density at radius 2 is 1.92 bits per heavy atom. The number of benzene rings is 1. The summed E-state index contributed by atoms with van der Waals surface area (Å²) in [7, 11) is -2.71. The highest BCUT2D eigenvalue weighted by molar-refractivity contribution is 7.88. The zero-order valence-corrected chi connectivity index (χ0v) is 14.5. The smallest absolute Gasteiger partial charge is 0.345 e. The van der Waals surface area contributed by atoms with Crippen molar-refractivity contribution in [1.82, 2.24) is 9.62 Å². The van der Waals surface area contributed by atoms with Crippen molar-refractivity contribution in [2.45, 2.75) is 13.0 Å².